The van der Waals surface area contributed by atoms with Gasteiger partial charge in [0.25, 0.3) is 0 Å². The maximum atomic E-state index is 6.07. The minimum absolute atomic E-state index is 0.282. The molecule has 2 heteroatoms. The van der Waals surface area contributed by atoms with E-state index < -0.39 is 0 Å². The van der Waals surface area contributed by atoms with Crippen molar-refractivity contribution < 1.29 is 0 Å². The van der Waals surface area contributed by atoms with Crippen molar-refractivity contribution >= 4 is 11.6 Å². The topological polar surface area (TPSA) is 12.0 Å². The Kier molecular flexibility index (Phi) is 5.25. The van der Waals surface area contributed by atoms with Crippen molar-refractivity contribution in [1.82, 2.24) is 5.32 Å². The van der Waals surface area contributed by atoms with E-state index in [1.807, 2.05) is 0 Å². The molecule has 0 aromatic carbocycles. The minimum atomic E-state index is 0.282. The quantitative estimate of drug-likeness (QED) is 0.671. The second-order valence-electron chi connectivity index (χ2n) is 4.68. The molecule has 0 amide bonds. The number of hydrogen-bond acceptors (Lipinski definition) is 1. The fraction of sp³-hybridized carbons (Fsp3) is 1.00. The highest BCUT2D eigenvalue weighted by Crippen LogP contribution is 2.30. The highest BCUT2D eigenvalue weighted by Gasteiger charge is 2.32. The largest absolute Gasteiger partial charge is 0.310 e. The first kappa shape index (κ1) is 12.3. The van der Waals surface area contributed by atoms with Gasteiger partial charge in [0.05, 0.1) is 0 Å². The molecule has 1 nitrogen and oxygen atoms in total. The van der Waals surface area contributed by atoms with Crippen LogP contribution in [-0.2, 0) is 0 Å². The third kappa shape index (κ3) is 3.13. The van der Waals surface area contributed by atoms with Gasteiger partial charge >= 0.3 is 0 Å². The van der Waals surface area contributed by atoms with Gasteiger partial charge in [0.15, 0.2) is 0 Å². The smallest absolute Gasteiger partial charge is 0.0406 e. The van der Waals surface area contributed by atoms with Crippen molar-refractivity contribution in [2.45, 2.75) is 57.9 Å². The van der Waals surface area contributed by atoms with Crippen molar-refractivity contribution in [1.29, 1.82) is 0 Å². The van der Waals surface area contributed by atoms with Crippen molar-refractivity contribution in [3.63, 3.8) is 0 Å². The molecule has 1 aliphatic carbocycles. The van der Waals surface area contributed by atoms with Gasteiger partial charge in [0, 0.05) is 11.4 Å². The van der Waals surface area contributed by atoms with E-state index in [1.165, 1.54) is 38.5 Å². The molecular weight excluding hydrogens is 194 g/mol. The molecule has 1 N–H and O–H groups in total. The summed E-state index contributed by atoms with van der Waals surface area (Å²) in [6.07, 6.45) is 7.81. The molecule has 0 bridgehead atoms. The Hall–Kier alpha value is 0.250. The van der Waals surface area contributed by atoms with E-state index in [0.717, 1.165) is 18.3 Å². The molecule has 0 heterocycles. The first-order valence-corrected chi connectivity index (χ1v) is 6.60. The number of halogens is 1. The van der Waals surface area contributed by atoms with E-state index in [9.17, 15) is 0 Å². The molecule has 1 saturated carbocycles. The number of nitrogens with one attached hydrogen (secondary N) is 1. The molecular formula is C12H24ClN. The predicted molar refractivity (Wildman–Crippen MR) is 64.0 cm³/mol. The molecule has 84 valence electrons. The predicted octanol–water partition coefficient (Wildman–Crippen LogP) is 3.56. The van der Waals surface area contributed by atoms with Crippen LogP contribution in [0.15, 0.2) is 0 Å². The molecule has 14 heavy (non-hydrogen) atoms. The second-order valence-corrected chi connectivity index (χ2v) is 4.95. The summed E-state index contributed by atoms with van der Waals surface area (Å²) >= 11 is 6.07. The summed E-state index contributed by atoms with van der Waals surface area (Å²) in [6, 6.07) is 0. The molecule has 1 rings (SSSR count). The molecule has 0 radical (unpaired) electrons. The highest BCUT2D eigenvalue weighted by molar-refractivity contribution is 6.18. The van der Waals surface area contributed by atoms with E-state index >= 15 is 0 Å². The van der Waals surface area contributed by atoms with Crippen LogP contribution in [-0.4, -0.2) is 18.0 Å². The van der Waals surface area contributed by atoms with Crippen molar-refractivity contribution in [3.8, 4) is 0 Å². The monoisotopic (exact) mass is 217 g/mol. The molecule has 0 atom stereocenters. The van der Waals surface area contributed by atoms with E-state index in [2.05, 4.69) is 19.2 Å². The Morgan fingerprint density at radius 2 is 1.79 bits per heavy atom. The second kappa shape index (κ2) is 5.97. The van der Waals surface area contributed by atoms with Gasteiger partial charge in [-0.1, -0.05) is 39.5 Å². The van der Waals surface area contributed by atoms with E-state index in [4.69, 9.17) is 11.6 Å². The average molecular weight is 218 g/mol. The van der Waals surface area contributed by atoms with Crippen LogP contribution >= 0.6 is 11.6 Å². The maximum Gasteiger partial charge on any atom is 0.0406 e. The zero-order chi connectivity index (χ0) is 10.4. The Balaban J connectivity index is 2.33. The van der Waals surface area contributed by atoms with E-state index in [-0.39, 0.29) is 5.54 Å². The summed E-state index contributed by atoms with van der Waals surface area (Å²) in [5, 5.41) is 3.71. The van der Waals surface area contributed by atoms with Crippen LogP contribution in [0.5, 0.6) is 0 Å². The Morgan fingerprint density at radius 1 is 1.21 bits per heavy atom. The zero-order valence-electron chi connectivity index (χ0n) is 9.61. The summed E-state index contributed by atoms with van der Waals surface area (Å²) in [7, 11) is 0. The van der Waals surface area contributed by atoms with Crippen LogP contribution in [0.25, 0.3) is 0 Å². The fourth-order valence-corrected chi connectivity index (χ4v) is 2.71. The lowest BCUT2D eigenvalue weighted by Crippen LogP contribution is -2.46. The number of alkyl halides is 1. The molecule has 0 spiro atoms. The van der Waals surface area contributed by atoms with Gasteiger partial charge in [-0.05, 0) is 25.3 Å². The van der Waals surface area contributed by atoms with Crippen molar-refractivity contribution in [2.24, 2.45) is 5.92 Å². The van der Waals surface area contributed by atoms with Crippen LogP contribution in [0.3, 0.4) is 0 Å². The molecule has 0 aromatic rings. The normalized spacial score (nSPS) is 20.6. The van der Waals surface area contributed by atoms with Gasteiger partial charge in [0.1, 0.15) is 0 Å². The number of rotatable bonds is 6. The summed E-state index contributed by atoms with van der Waals surface area (Å²) in [5.74, 6) is 1.61. The molecule has 0 aliphatic heterocycles. The number of hydrogen-bond donors (Lipinski definition) is 1. The lowest BCUT2D eigenvalue weighted by molar-refractivity contribution is 0.324. The van der Waals surface area contributed by atoms with Crippen molar-refractivity contribution in [2.75, 3.05) is 12.4 Å². The first-order valence-electron chi connectivity index (χ1n) is 6.07. The molecule has 1 fully saturated rings. The minimum Gasteiger partial charge on any atom is -0.310 e. The molecule has 0 unspecified atom stereocenters. The summed E-state index contributed by atoms with van der Waals surface area (Å²) in [5.41, 5.74) is 0.282. The van der Waals surface area contributed by atoms with Crippen LogP contribution < -0.4 is 5.32 Å². The van der Waals surface area contributed by atoms with Crippen molar-refractivity contribution in [3.05, 3.63) is 0 Å². The maximum absolute atomic E-state index is 6.07. The van der Waals surface area contributed by atoms with Crippen LogP contribution in [0.1, 0.15) is 52.4 Å². The summed E-state index contributed by atoms with van der Waals surface area (Å²) < 4.78 is 0. The lowest BCUT2D eigenvalue weighted by Gasteiger charge is -2.30. The summed E-state index contributed by atoms with van der Waals surface area (Å²) in [6.45, 7) is 5.70. The van der Waals surface area contributed by atoms with Gasteiger partial charge in [-0.15, -0.1) is 11.6 Å². The van der Waals surface area contributed by atoms with E-state index in [1.54, 1.807) is 0 Å². The van der Waals surface area contributed by atoms with Crippen LogP contribution in [0, 0.1) is 5.92 Å². The fourth-order valence-electron chi connectivity index (χ4n) is 2.35. The average Bonchev–Trinajstić information content (AvgIpc) is 2.69. The van der Waals surface area contributed by atoms with Gasteiger partial charge in [-0.2, -0.15) is 0 Å². The Bertz CT molecular complexity index is 148. The Morgan fingerprint density at radius 3 is 2.21 bits per heavy atom. The van der Waals surface area contributed by atoms with Crippen LogP contribution in [0.2, 0.25) is 0 Å². The molecule has 0 aromatic heterocycles. The summed E-state index contributed by atoms with van der Waals surface area (Å²) in [4.78, 5) is 0. The molecule has 0 saturated heterocycles. The lowest BCUT2D eigenvalue weighted by atomic mass is 9.97. The van der Waals surface area contributed by atoms with Gasteiger partial charge in [-0.3, -0.25) is 0 Å². The molecule has 1 aliphatic rings. The first-order chi connectivity index (χ1) is 6.76. The van der Waals surface area contributed by atoms with Gasteiger partial charge in [0.2, 0.25) is 0 Å². The zero-order valence-corrected chi connectivity index (χ0v) is 10.4. The van der Waals surface area contributed by atoms with Gasteiger partial charge in [-0.25, -0.2) is 0 Å². The highest BCUT2D eigenvalue weighted by atomic mass is 35.5. The Labute approximate surface area is 93.6 Å². The van der Waals surface area contributed by atoms with Gasteiger partial charge < -0.3 is 5.32 Å². The standard InChI is InChI=1S/C12H24ClN/c1-3-11(4-2)9-14-12(10-13)7-5-6-8-12/h11,14H,3-10H2,1-2H3. The van der Waals surface area contributed by atoms with Crippen LogP contribution in [0.4, 0.5) is 0 Å². The third-order valence-electron chi connectivity index (χ3n) is 3.74. The third-order valence-corrected chi connectivity index (χ3v) is 4.25. The van der Waals surface area contributed by atoms with E-state index in [0.29, 0.717) is 0 Å². The SMILES string of the molecule is CCC(CC)CNC1(CCl)CCCC1.